The van der Waals surface area contributed by atoms with Crippen molar-refractivity contribution >= 4 is 45.3 Å². The summed E-state index contributed by atoms with van der Waals surface area (Å²) in [5.74, 6) is 0.0517. The van der Waals surface area contributed by atoms with Gasteiger partial charge in [-0.3, -0.25) is 14.4 Å². The number of aromatic amines is 1. The van der Waals surface area contributed by atoms with Gasteiger partial charge >= 0.3 is 0 Å². The van der Waals surface area contributed by atoms with Gasteiger partial charge in [-0.25, -0.2) is 0 Å². The minimum Gasteiger partial charge on any atom is -0.341 e. The third-order valence-corrected chi connectivity index (χ3v) is 5.52. The number of nitrogens with one attached hydrogen (secondary N) is 2. The van der Waals surface area contributed by atoms with E-state index in [1.54, 1.807) is 36.4 Å². The highest BCUT2D eigenvalue weighted by Crippen LogP contribution is 2.19. The van der Waals surface area contributed by atoms with E-state index < -0.39 is 6.04 Å². The lowest BCUT2D eigenvalue weighted by Crippen LogP contribution is -2.41. The average molecular weight is 427 g/mol. The number of hydrogen-bond acceptors (Lipinski definition) is 4. The monoisotopic (exact) mass is 426 g/mol. The largest absolute Gasteiger partial charge is 0.341 e. The van der Waals surface area contributed by atoms with Crippen LogP contribution in [0.15, 0.2) is 72.0 Å². The van der Waals surface area contributed by atoms with Crippen LogP contribution in [0.3, 0.4) is 0 Å². The number of thioether (sulfide) groups is 1. The molecule has 0 bridgehead atoms. The highest BCUT2D eigenvalue weighted by molar-refractivity contribution is 8.13. The zero-order valence-electron chi connectivity index (χ0n) is 15.5. The quantitative estimate of drug-likeness (QED) is 0.560. The molecule has 29 heavy (non-hydrogen) atoms. The van der Waals surface area contributed by atoms with Gasteiger partial charge in [0.2, 0.25) is 10.7 Å². The fraction of sp³-hybridized carbons (Fsp3) is 0.136. The van der Waals surface area contributed by atoms with Gasteiger partial charge in [-0.15, -0.1) is 6.58 Å². The molecule has 0 saturated carbocycles. The molecule has 0 aliphatic carbocycles. The third-order valence-electron chi connectivity index (χ3n) is 4.30. The van der Waals surface area contributed by atoms with Crippen molar-refractivity contribution in [2.45, 2.75) is 12.5 Å². The van der Waals surface area contributed by atoms with E-state index in [-0.39, 0.29) is 23.0 Å². The summed E-state index contributed by atoms with van der Waals surface area (Å²) in [6.07, 6.45) is 1.83. The van der Waals surface area contributed by atoms with E-state index in [0.29, 0.717) is 27.4 Å². The van der Waals surface area contributed by atoms with Gasteiger partial charge in [0, 0.05) is 39.7 Å². The minimum absolute atomic E-state index is 0.198. The van der Waals surface area contributed by atoms with Crippen molar-refractivity contribution < 1.29 is 9.59 Å². The van der Waals surface area contributed by atoms with Crippen molar-refractivity contribution in [2.75, 3.05) is 5.75 Å². The van der Waals surface area contributed by atoms with Gasteiger partial charge in [0.05, 0.1) is 0 Å². The molecule has 7 heteroatoms. The van der Waals surface area contributed by atoms with E-state index in [0.717, 1.165) is 17.1 Å². The lowest BCUT2D eigenvalue weighted by molar-refractivity contribution is -0.112. The molecule has 2 N–H and O–H groups in total. The molecule has 3 rings (SSSR count). The number of hydrogen-bond donors (Lipinski definition) is 2. The van der Waals surface area contributed by atoms with E-state index in [9.17, 15) is 14.4 Å². The Hall–Kier alpha value is -2.83. The van der Waals surface area contributed by atoms with Crippen LogP contribution < -0.4 is 10.9 Å². The first kappa shape index (κ1) is 20.9. The van der Waals surface area contributed by atoms with Crippen LogP contribution in [0.2, 0.25) is 5.02 Å². The minimum atomic E-state index is -0.798. The van der Waals surface area contributed by atoms with Gasteiger partial charge in [0.25, 0.3) is 5.91 Å². The zero-order valence-corrected chi connectivity index (χ0v) is 17.1. The Morgan fingerprint density at radius 2 is 1.90 bits per heavy atom. The second kappa shape index (κ2) is 9.58. The maximum absolute atomic E-state index is 12.7. The van der Waals surface area contributed by atoms with Gasteiger partial charge < -0.3 is 10.3 Å². The van der Waals surface area contributed by atoms with Crippen molar-refractivity contribution in [3.05, 3.63) is 93.8 Å². The van der Waals surface area contributed by atoms with Crippen LogP contribution in [-0.2, 0) is 11.2 Å². The van der Waals surface area contributed by atoms with Crippen LogP contribution in [0.4, 0.5) is 0 Å². The van der Waals surface area contributed by atoms with E-state index in [2.05, 4.69) is 16.9 Å². The highest BCUT2D eigenvalue weighted by atomic mass is 35.5. The molecule has 0 spiro atoms. The number of carbonyl (C=O) groups excluding carboxylic acids is 2. The molecule has 0 aliphatic heterocycles. The first-order valence-corrected chi connectivity index (χ1v) is 10.3. The summed E-state index contributed by atoms with van der Waals surface area (Å²) in [5.41, 5.74) is 1.52. The molecular formula is C22H19ClN2O3S. The maximum atomic E-state index is 12.7. The first-order valence-electron chi connectivity index (χ1n) is 8.93. The number of halogens is 1. The topological polar surface area (TPSA) is 79.0 Å². The molecule has 1 heterocycles. The molecule has 3 aromatic rings. The molecule has 148 valence electrons. The Bertz CT molecular complexity index is 1110. The van der Waals surface area contributed by atoms with Crippen molar-refractivity contribution in [3.63, 3.8) is 0 Å². The number of amides is 1. The van der Waals surface area contributed by atoms with E-state index in [4.69, 9.17) is 11.6 Å². The summed E-state index contributed by atoms with van der Waals surface area (Å²) in [6.45, 7) is 3.63. The number of pyridine rings is 1. The number of H-pyrrole nitrogens is 1. The number of rotatable bonds is 7. The van der Waals surface area contributed by atoms with Gasteiger partial charge in [0.1, 0.15) is 6.04 Å². The second-order valence-corrected chi connectivity index (χ2v) is 7.82. The Labute approximate surface area is 177 Å². The van der Waals surface area contributed by atoms with Crippen molar-refractivity contribution in [2.24, 2.45) is 0 Å². The molecule has 1 amide bonds. The number of benzene rings is 2. The molecule has 1 aromatic heterocycles. The van der Waals surface area contributed by atoms with E-state index in [1.807, 2.05) is 18.2 Å². The maximum Gasteiger partial charge on any atom is 0.251 e. The van der Waals surface area contributed by atoms with Crippen LogP contribution in [0, 0.1) is 0 Å². The summed E-state index contributed by atoms with van der Waals surface area (Å²) in [7, 11) is 0. The normalized spacial score (nSPS) is 11.8. The van der Waals surface area contributed by atoms with Gasteiger partial charge in [-0.1, -0.05) is 47.6 Å². The lowest BCUT2D eigenvalue weighted by atomic mass is 10.0. The predicted molar refractivity (Wildman–Crippen MR) is 119 cm³/mol. The van der Waals surface area contributed by atoms with E-state index >= 15 is 0 Å². The summed E-state index contributed by atoms with van der Waals surface area (Å²) >= 11 is 6.95. The molecule has 0 saturated heterocycles. The molecule has 0 aliphatic rings. The number of fused-ring (bicyclic) bond motifs is 1. The first-order chi connectivity index (χ1) is 14.0. The molecule has 1 atom stereocenters. The summed E-state index contributed by atoms with van der Waals surface area (Å²) in [4.78, 5) is 40.2. The predicted octanol–water partition coefficient (Wildman–Crippen LogP) is 3.97. The van der Waals surface area contributed by atoms with Gasteiger partial charge in [-0.05, 0) is 35.9 Å². The second-order valence-electron chi connectivity index (χ2n) is 6.36. The van der Waals surface area contributed by atoms with Crippen LogP contribution in [0.1, 0.15) is 15.9 Å². The molecule has 0 fully saturated rings. The van der Waals surface area contributed by atoms with Crippen LogP contribution in [0.5, 0.6) is 0 Å². The highest BCUT2D eigenvalue weighted by Gasteiger charge is 2.23. The Kier molecular flexibility index (Phi) is 6.90. The molecule has 1 unspecified atom stereocenters. The molecule has 0 radical (unpaired) electrons. The Morgan fingerprint density at radius 3 is 2.62 bits per heavy atom. The van der Waals surface area contributed by atoms with Crippen molar-refractivity contribution in [3.8, 4) is 0 Å². The Morgan fingerprint density at radius 1 is 1.17 bits per heavy atom. The number of carbonyl (C=O) groups is 2. The number of para-hydroxylation sites is 1. The van der Waals surface area contributed by atoms with E-state index in [1.165, 1.54) is 6.07 Å². The molecular weight excluding hydrogens is 408 g/mol. The molecule has 5 nitrogen and oxygen atoms in total. The van der Waals surface area contributed by atoms with Crippen LogP contribution in [-0.4, -0.2) is 27.8 Å². The van der Waals surface area contributed by atoms with Crippen LogP contribution in [0.25, 0.3) is 10.9 Å². The SMILES string of the molecule is C=CCSC(=O)C(Cc1cc(=O)[nH]c2ccccc12)NC(=O)c1ccc(Cl)cc1. The summed E-state index contributed by atoms with van der Waals surface area (Å²) in [5, 5.41) is 3.95. The van der Waals surface area contributed by atoms with Gasteiger partial charge in [0.15, 0.2) is 0 Å². The standard InChI is InChI=1S/C22H19ClN2O3S/c1-2-11-29-22(28)19(25-21(27)14-7-9-16(23)10-8-14)12-15-13-20(26)24-18-6-4-3-5-17(15)18/h2-10,13,19H,1,11-12H2,(H,24,26)(H,25,27). The fourth-order valence-electron chi connectivity index (χ4n) is 2.94. The van der Waals surface area contributed by atoms with Crippen LogP contribution >= 0.6 is 23.4 Å². The molecule has 2 aromatic carbocycles. The zero-order chi connectivity index (χ0) is 20.8. The van der Waals surface area contributed by atoms with Crippen molar-refractivity contribution in [1.82, 2.24) is 10.3 Å². The summed E-state index contributed by atoms with van der Waals surface area (Å²) < 4.78 is 0. The number of aromatic nitrogens is 1. The van der Waals surface area contributed by atoms with Crippen molar-refractivity contribution in [1.29, 1.82) is 0 Å². The summed E-state index contributed by atoms with van der Waals surface area (Å²) in [6, 6.07) is 14.5. The smallest absolute Gasteiger partial charge is 0.251 e. The fourth-order valence-corrected chi connectivity index (χ4v) is 3.70. The Balaban J connectivity index is 1.91. The van der Waals surface area contributed by atoms with Gasteiger partial charge in [-0.2, -0.15) is 0 Å². The lowest BCUT2D eigenvalue weighted by Gasteiger charge is -2.18. The third kappa shape index (κ3) is 5.37. The average Bonchev–Trinajstić information content (AvgIpc) is 2.71.